The molecule has 3 aromatic rings. The smallest absolute Gasteiger partial charge is 0.277 e. The van der Waals surface area contributed by atoms with Gasteiger partial charge in [-0.25, -0.2) is 9.97 Å². The molecule has 0 saturated carbocycles. The summed E-state index contributed by atoms with van der Waals surface area (Å²) >= 11 is 0. The van der Waals surface area contributed by atoms with E-state index < -0.39 is 5.95 Å². The lowest BCUT2D eigenvalue weighted by molar-refractivity contribution is 0.0700. The fraction of sp³-hybridized carbons (Fsp3) is 0.353. The van der Waals surface area contributed by atoms with Crippen LogP contribution in [0.25, 0.3) is 5.65 Å². The molecule has 0 aromatic carbocycles. The number of aryl methyl sites for hydroxylation is 1. The Bertz CT molecular complexity index is 878. The quantitative estimate of drug-likeness (QED) is 0.786. The number of rotatable bonds is 2. The molecule has 1 fully saturated rings. The van der Waals surface area contributed by atoms with Crippen molar-refractivity contribution >= 4 is 11.6 Å². The number of nitrogens with one attached hydrogen (secondary N) is 1. The number of imidazole rings is 2. The molecule has 3 aromatic heterocycles. The molecule has 7 heteroatoms. The Morgan fingerprint density at radius 2 is 2.12 bits per heavy atom. The molecule has 1 saturated heterocycles. The fourth-order valence-corrected chi connectivity index (χ4v) is 3.36. The molecule has 4 rings (SSSR count). The molecule has 6 nitrogen and oxygen atoms in total. The predicted octanol–water partition coefficient (Wildman–Crippen LogP) is 2.52. The van der Waals surface area contributed by atoms with Crippen LogP contribution in [0.1, 0.15) is 40.8 Å². The van der Waals surface area contributed by atoms with Crippen LogP contribution in [0.2, 0.25) is 0 Å². The maximum atomic E-state index is 14.6. The molecule has 0 radical (unpaired) electrons. The minimum Gasteiger partial charge on any atom is -0.348 e. The summed E-state index contributed by atoms with van der Waals surface area (Å²) in [7, 11) is 0. The van der Waals surface area contributed by atoms with Crippen LogP contribution in [0.15, 0.2) is 30.6 Å². The molecule has 1 aliphatic rings. The predicted molar refractivity (Wildman–Crippen MR) is 86.4 cm³/mol. The summed E-state index contributed by atoms with van der Waals surface area (Å²) in [5.74, 6) is 0.351. The van der Waals surface area contributed by atoms with Gasteiger partial charge < -0.3 is 9.88 Å². The van der Waals surface area contributed by atoms with Gasteiger partial charge in [-0.15, -0.1) is 0 Å². The highest BCUT2D eigenvalue weighted by atomic mass is 19.1. The summed E-state index contributed by atoms with van der Waals surface area (Å²) in [6.07, 6.45) is 5.17. The lowest BCUT2D eigenvalue weighted by Crippen LogP contribution is -2.38. The first kappa shape index (κ1) is 14.9. The Hall–Kier alpha value is -2.70. The third-order valence-electron chi connectivity index (χ3n) is 4.67. The molecule has 1 aliphatic heterocycles. The second-order valence-electron chi connectivity index (χ2n) is 6.15. The molecule has 0 atom stereocenters. The number of hydrogen-bond acceptors (Lipinski definition) is 3. The monoisotopic (exact) mass is 327 g/mol. The first-order valence-electron chi connectivity index (χ1n) is 8.07. The van der Waals surface area contributed by atoms with Gasteiger partial charge in [-0.3, -0.25) is 9.20 Å². The highest BCUT2D eigenvalue weighted by Gasteiger charge is 2.29. The van der Waals surface area contributed by atoms with Gasteiger partial charge in [-0.1, -0.05) is 6.07 Å². The van der Waals surface area contributed by atoms with Gasteiger partial charge >= 0.3 is 0 Å². The van der Waals surface area contributed by atoms with Crippen molar-refractivity contribution in [2.75, 3.05) is 13.1 Å². The summed E-state index contributed by atoms with van der Waals surface area (Å²) in [6, 6.07) is 5.30. The van der Waals surface area contributed by atoms with Crippen LogP contribution in [0, 0.1) is 12.9 Å². The van der Waals surface area contributed by atoms with E-state index in [2.05, 4.69) is 15.0 Å². The van der Waals surface area contributed by atoms with Crippen LogP contribution in [0.5, 0.6) is 0 Å². The number of fused-ring (bicyclic) bond motifs is 1. The van der Waals surface area contributed by atoms with E-state index in [1.54, 1.807) is 42.4 Å². The van der Waals surface area contributed by atoms with Crippen LogP contribution in [0.4, 0.5) is 4.39 Å². The number of halogens is 1. The number of nitrogens with zero attached hydrogens (tertiary/aromatic N) is 4. The highest BCUT2D eigenvalue weighted by molar-refractivity contribution is 5.93. The van der Waals surface area contributed by atoms with Gasteiger partial charge in [0.25, 0.3) is 5.91 Å². The number of likely N-dealkylation sites (tertiary alicyclic amines) is 1. The van der Waals surface area contributed by atoms with Crippen LogP contribution in [-0.2, 0) is 0 Å². The van der Waals surface area contributed by atoms with E-state index in [9.17, 15) is 9.18 Å². The summed E-state index contributed by atoms with van der Waals surface area (Å²) in [5.41, 5.74) is 1.08. The van der Waals surface area contributed by atoms with Crippen molar-refractivity contribution in [2.45, 2.75) is 25.7 Å². The van der Waals surface area contributed by atoms with E-state index in [0.717, 1.165) is 18.7 Å². The first-order chi connectivity index (χ1) is 11.6. The number of piperidine rings is 1. The SMILES string of the molecule is Cc1cccc2nc(C(=O)N3CCC(c4ncc[nH]4)CC3)c(F)n12. The van der Waals surface area contributed by atoms with E-state index in [1.165, 1.54) is 4.40 Å². The Morgan fingerprint density at radius 1 is 1.33 bits per heavy atom. The number of carbonyl (C=O) groups is 1. The summed E-state index contributed by atoms with van der Waals surface area (Å²) in [6.45, 7) is 2.95. The van der Waals surface area contributed by atoms with Crippen molar-refractivity contribution in [1.82, 2.24) is 24.3 Å². The van der Waals surface area contributed by atoms with Gasteiger partial charge in [0, 0.05) is 37.1 Å². The zero-order chi connectivity index (χ0) is 16.7. The van der Waals surface area contributed by atoms with Crippen molar-refractivity contribution in [1.29, 1.82) is 0 Å². The van der Waals surface area contributed by atoms with Gasteiger partial charge in [-0.05, 0) is 31.9 Å². The lowest BCUT2D eigenvalue weighted by atomic mass is 9.96. The van der Waals surface area contributed by atoms with Crippen molar-refractivity contribution in [3.63, 3.8) is 0 Å². The zero-order valence-corrected chi connectivity index (χ0v) is 13.4. The highest BCUT2D eigenvalue weighted by Crippen LogP contribution is 2.26. The maximum Gasteiger partial charge on any atom is 0.277 e. The number of pyridine rings is 1. The molecular formula is C17H18FN5O. The summed E-state index contributed by atoms with van der Waals surface area (Å²) < 4.78 is 16.0. The Balaban J connectivity index is 1.55. The number of hydrogen-bond donors (Lipinski definition) is 1. The molecule has 0 spiro atoms. The van der Waals surface area contributed by atoms with Crippen molar-refractivity contribution in [3.05, 3.63) is 53.8 Å². The number of aromatic amines is 1. The fourth-order valence-electron chi connectivity index (χ4n) is 3.36. The second kappa shape index (κ2) is 5.74. The zero-order valence-electron chi connectivity index (χ0n) is 13.4. The lowest BCUT2D eigenvalue weighted by Gasteiger charge is -2.30. The van der Waals surface area contributed by atoms with Gasteiger partial charge in [0.15, 0.2) is 5.69 Å². The van der Waals surface area contributed by atoms with Crippen LogP contribution in [0.3, 0.4) is 0 Å². The Labute approximate surface area is 138 Å². The molecule has 4 heterocycles. The third kappa shape index (κ3) is 2.36. The number of amides is 1. The molecule has 0 unspecified atom stereocenters. The Kier molecular flexibility index (Phi) is 3.55. The number of H-pyrrole nitrogens is 1. The Morgan fingerprint density at radius 3 is 2.79 bits per heavy atom. The van der Waals surface area contributed by atoms with Gasteiger partial charge in [-0.2, -0.15) is 4.39 Å². The third-order valence-corrected chi connectivity index (χ3v) is 4.67. The van der Waals surface area contributed by atoms with E-state index in [-0.39, 0.29) is 11.6 Å². The molecule has 1 amide bonds. The van der Waals surface area contributed by atoms with Crippen molar-refractivity contribution < 1.29 is 9.18 Å². The molecule has 24 heavy (non-hydrogen) atoms. The van der Waals surface area contributed by atoms with E-state index in [0.29, 0.717) is 30.3 Å². The standard InChI is InChI=1S/C17H18FN5O/c1-11-3-2-4-13-21-14(15(18)23(11)13)17(24)22-9-5-12(6-10-22)16-19-7-8-20-16/h2-4,7-8,12H,5-6,9-10H2,1H3,(H,19,20). The van der Waals surface area contributed by atoms with Crippen LogP contribution < -0.4 is 0 Å². The topological polar surface area (TPSA) is 66.3 Å². The minimum absolute atomic E-state index is 0.0965. The first-order valence-corrected chi connectivity index (χ1v) is 8.07. The van der Waals surface area contributed by atoms with Crippen molar-refractivity contribution in [3.8, 4) is 0 Å². The van der Waals surface area contributed by atoms with E-state index in [1.807, 2.05) is 0 Å². The van der Waals surface area contributed by atoms with Gasteiger partial charge in [0.2, 0.25) is 5.95 Å². The molecule has 0 aliphatic carbocycles. The van der Waals surface area contributed by atoms with Gasteiger partial charge in [0.1, 0.15) is 11.5 Å². The number of carbonyl (C=O) groups excluding carboxylic acids is 1. The molecule has 124 valence electrons. The summed E-state index contributed by atoms with van der Waals surface area (Å²) in [5, 5.41) is 0. The largest absolute Gasteiger partial charge is 0.348 e. The number of aromatic nitrogens is 4. The van der Waals surface area contributed by atoms with Crippen LogP contribution >= 0.6 is 0 Å². The summed E-state index contributed by atoms with van der Waals surface area (Å²) in [4.78, 5) is 26.0. The molecular weight excluding hydrogens is 309 g/mol. The average Bonchev–Trinajstić information content (AvgIpc) is 3.23. The van der Waals surface area contributed by atoms with Crippen molar-refractivity contribution in [2.24, 2.45) is 0 Å². The minimum atomic E-state index is -0.582. The average molecular weight is 327 g/mol. The molecule has 1 N–H and O–H groups in total. The van der Waals surface area contributed by atoms with Crippen LogP contribution in [-0.4, -0.2) is 43.2 Å². The van der Waals surface area contributed by atoms with E-state index >= 15 is 0 Å². The normalized spacial score (nSPS) is 16.0. The van der Waals surface area contributed by atoms with E-state index in [4.69, 9.17) is 0 Å². The second-order valence-corrected chi connectivity index (χ2v) is 6.15. The molecule has 0 bridgehead atoms. The maximum absolute atomic E-state index is 14.6. The van der Waals surface area contributed by atoms with Gasteiger partial charge in [0.05, 0.1) is 0 Å².